The minimum absolute atomic E-state index is 0.0470. The lowest BCUT2D eigenvalue weighted by molar-refractivity contribution is 0.429. The number of hydrogen-bond donors (Lipinski definition) is 1. The van der Waals surface area contributed by atoms with E-state index in [9.17, 15) is 8.78 Å². The molecule has 2 heterocycles. The van der Waals surface area contributed by atoms with Crippen LogP contribution in [0.2, 0.25) is 0 Å². The summed E-state index contributed by atoms with van der Waals surface area (Å²) in [7, 11) is 0. The maximum Gasteiger partial charge on any atom is 0.261 e. The number of halogens is 2. The van der Waals surface area contributed by atoms with Crippen molar-refractivity contribution in [3.05, 3.63) is 47.8 Å². The minimum Gasteiger partial charge on any atom is -0.396 e. The number of rotatable bonds is 2. The van der Waals surface area contributed by atoms with Gasteiger partial charge in [-0.3, -0.25) is 4.98 Å². The van der Waals surface area contributed by atoms with Gasteiger partial charge in [0.15, 0.2) is 0 Å². The summed E-state index contributed by atoms with van der Waals surface area (Å²) >= 11 is 0. The fourth-order valence-electron chi connectivity index (χ4n) is 1.87. The molecule has 0 unspecified atom stereocenters. The number of aryl methyl sites for hydroxylation is 1. The van der Waals surface area contributed by atoms with E-state index < -0.39 is 11.6 Å². The van der Waals surface area contributed by atoms with Crippen LogP contribution in [0.5, 0.6) is 0 Å². The Bertz CT molecular complexity index is 816. The number of anilines is 1. The normalized spacial score (nSPS) is 10.8. The van der Waals surface area contributed by atoms with E-state index in [2.05, 4.69) is 15.1 Å². The Kier molecular flexibility index (Phi) is 3.09. The van der Waals surface area contributed by atoms with Crippen LogP contribution in [-0.2, 0) is 0 Å². The zero-order valence-electron chi connectivity index (χ0n) is 11.0. The van der Waals surface area contributed by atoms with Crippen LogP contribution in [-0.4, -0.2) is 15.1 Å². The van der Waals surface area contributed by atoms with Crippen molar-refractivity contribution in [1.29, 1.82) is 0 Å². The lowest BCUT2D eigenvalue weighted by Crippen LogP contribution is -1.95. The summed E-state index contributed by atoms with van der Waals surface area (Å²) in [6.07, 6.45) is 3.22. The summed E-state index contributed by atoms with van der Waals surface area (Å²) in [5.74, 6) is -1.45. The first-order chi connectivity index (χ1) is 10.1. The summed E-state index contributed by atoms with van der Waals surface area (Å²) < 4.78 is 32.0. The highest BCUT2D eigenvalue weighted by molar-refractivity contribution is 5.64. The minimum atomic E-state index is -0.834. The fraction of sp³-hybridized carbons (Fsp3) is 0.0714. The van der Waals surface area contributed by atoms with Gasteiger partial charge in [-0.15, -0.1) is 0 Å². The van der Waals surface area contributed by atoms with Gasteiger partial charge in [0.05, 0.1) is 11.3 Å². The lowest BCUT2D eigenvalue weighted by atomic mass is 10.1. The van der Waals surface area contributed by atoms with Crippen LogP contribution in [0.25, 0.3) is 22.8 Å². The standard InChI is InChI=1S/C14H10F2N4O/c1-7-2-3-18-6-9(7)13-19-14(21-20-13)8-4-12(17)11(16)5-10(8)15/h2-6H,17H2,1H3. The zero-order chi connectivity index (χ0) is 15.0. The molecule has 21 heavy (non-hydrogen) atoms. The number of benzene rings is 1. The molecular weight excluding hydrogens is 278 g/mol. The number of hydrogen-bond acceptors (Lipinski definition) is 5. The van der Waals surface area contributed by atoms with Gasteiger partial charge in [0, 0.05) is 24.0 Å². The number of nitrogens with two attached hydrogens (primary N) is 1. The maximum atomic E-state index is 13.8. The molecule has 0 saturated heterocycles. The molecular formula is C14H10F2N4O. The van der Waals surface area contributed by atoms with Gasteiger partial charge in [0.25, 0.3) is 5.89 Å². The first-order valence-electron chi connectivity index (χ1n) is 6.06. The van der Waals surface area contributed by atoms with Gasteiger partial charge in [-0.2, -0.15) is 4.98 Å². The third-order valence-electron chi connectivity index (χ3n) is 3.02. The van der Waals surface area contributed by atoms with E-state index in [-0.39, 0.29) is 23.0 Å². The average Bonchev–Trinajstić information content (AvgIpc) is 2.92. The van der Waals surface area contributed by atoms with E-state index in [1.807, 2.05) is 6.92 Å². The third-order valence-corrected chi connectivity index (χ3v) is 3.02. The highest BCUT2D eigenvalue weighted by atomic mass is 19.1. The molecule has 0 radical (unpaired) electrons. The second-order valence-corrected chi connectivity index (χ2v) is 4.47. The van der Waals surface area contributed by atoms with E-state index >= 15 is 0 Å². The number of aromatic nitrogens is 3. The Morgan fingerprint density at radius 2 is 1.95 bits per heavy atom. The Morgan fingerprint density at radius 3 is 2.71 bits per heavy atom. The molecule has 2 N–H and O–H groups in total. The van der Waals surface area contributed by atoms with Crippen LogP contribution < -0.4 is 5.73 Å². The summed E-state index contributed by atoms with van der Waals surface area (Å²) in [6.45, 7) is 1.86. The van der Waals surface area contributed by atoms with Crippen molar-refractivity contribution in [2.24, 2.45) is 0 Å². The molecule has 3 rings (SSSR count). The van der Waals surface area contributed by atoms with Gasteiger partial charge in [-0.25, -0.2) is 8.78 Å². The summed E-state index contributed by atoms with van der Waals surface area (Å²) in [5, 5.41) is 3.79. The largest absolute Gasteiger partial charge is 0.396 e. The van der Waals surface area contributed by atoms with Crippen LogP contribution in [0.3, 0.4) is 0 Å². The molecule has 0 fully saturated rings. The molecule has 0 spiro atoms. The highest BCUT2D eigenvalue weighted by Crippen LogP contribution is 2.28. The predicted molar refractivity (Wildman–Crippen MR) is 72.0 cm³/mol. The number of nitrogen functional groups attached to an aromatic ring is 1. The average molecular weight is 288 g/mol. The van der Waals surface area contributed by atoms with E-state index in [4.69, 9.17) is 10.3 Å². The molecule has 0 aliphatic rings. The first kappa shape index (κ1) is 13.2. The van der Waals surface area contributed by atoms with Crippen molar-refractivity contribution in [2.45, 2.75) is 6.92 Å². The van der Waals surface area contributed by atoms with Crippen molar-refractivity contribution in [2.75, 3.05) is 5.73 Å². The van der Waals surface area contributed by atoms with Crippen molar-refractivity contribution < 1.29 is 13.3 Å². The lowest BCUT2D eigenvalue weighted by Gasteiger charge is -2.01. The van der Waals surface area contributed by atoms with E-state index in [0.29, 0.717) is 11.6 Å². The van der Waals surface area contributed by atoms with Crippen molar-refractivity contribution >= 4 is 5.69 Å². The van der Waals surface area contributed by atoms with Gasteiger partial charge in [0.1, 0.15) is 11.6 Å². The molecule has 5 nitrogen and oxygen atoms in total. The Morgan fingerprint density at radius 1 is 1.14 bits per heavy atom. The molecule has 0 bridgehead atoms. The Hall–Kier alpha value is -2.83. The second kappa shape index (κ2) is 4.93. The van der Waals surface area contributed by atoms with Crippen LogP contribution in [0, 0.1) is 18.6 Å². The molecule has 0 aliphatic carbocycles. The van der Waals surface area contributed by atoms with Crippen LogP contribution in [0.4, 0.5) is 14.5 Å². The Balaban J connectivity index is 2.07. The van der Waals surface area contributed by atoms with Gasteiger partial charge < -0.3 is 10.3 Å². The summed E-state index contributed by atoms with van der Waals surface area (Å²) in [6, 6.07) is 3.60. The van der Waals surface area contributed by atoms with Gasteiger partial charge in [-0.05, 0) is 24.6 Å². The molecule has 106 valence electrons. The summed E-state index contributed by atoms with van der Waals surface area (Å²) in [4.78, 5) is 8.09. The molecule has 7 heteroatoms. The fourth-order valence-corrected chi connectivity index (χ4v) is 1.87. The smallest absolute Gasteiger partial charge is 0.261 e. The van der Waals surface area contributed by atoms with Gasteiger partial charge in [0.2, 0.25) is 5.82 Å². The molecule has 1 aromatic carbocycles. The van der Waals surface area contributed by atoms with Crippen LogP contribution in [0.1, 0.15) is 5.56 Å². The monoisotopic (exact) mass is 288 g/mol. The first-order valence-corrected chi connectivity index (χ1v) is 6.06. The number of pyridine rings is 1. The molecule has 0 aliphatic heterocycles. The van der Waals surface area contributed by atoms with Crippen LogP contribution in [0.15, 0.2) is 35.1 Å². The molecule has 3 aromatic rings. The summed E-state index contributed by atoms with van der Waals surface area (Å²) in [5.41, 5.74) is 6.76. The highest BCUT2D eigenvalue weighted by Gasteiger charge is 2.17. The molecule has 2 aromatic heterocycles. The predicted octanol–water partition coefficient (Wildman–Crippen LogP) is 2.97. The molecule has 0 saturated carbocycles. The molecule has 0 atom stereocenters. The van der Waals surface area contributed by atoms with Crippen molar-refractivity contribution in [3.8, 4) is 22.8 Å². The number of nitrogens with zero attached hydrogens (tertiary/aromatic N) is 3. The third kappa shape index (κ3) is 2.33. The van der Waals surface area contributed by atoms with Crippen LogP contribution >= 0.6 is 0 Å². The molecule has 0 amide bonds. The maximum absolute atomic E-state index is 13.8. The SMILES string of the molecule is Cc1ccncc1-c1noc(-c2cc(N)c(F)cc2F)n1. The zero-order valence-corrected chi connectivity index (χ0v) is 11.0. The second-order valence-electron chi connectivity index (χ2n) is 4.47. The van der Waals surface area contributed by atoms with Crippen molar-refractivity contribution in [3.63, 3.8) is 0 Å². The van der Waals surface area contributed by atoms with E-state index in [0.717, 1.165) is 11.6 Å². The van der Waals surface area contributed by atoms with E-state index in [1.165, 1.54) is 0 Å². The quantitative estimate of drug-likeness (QED) is 0.733. The van der Waals surface area contributed by atoms with Gasteiger partial charge in [-0.1, -0.05) is 5.16 Å². The van der Waals surface area contributed by atoms with E-state index in [1.54, 1.807) is 18.5 Å². The van der Waals surface area contributed by atoms with Gasteiger partial charge >= 0.3 is 0 Å². The Labute approximate surface area is 118 Å². The topological polar surface area (TPSA) is 77.8 Å². The van der Waals surface area contributed by atoms with Crippen molar-refractivity contribution in [1.82, 2.24) is 15.1 Å².